The number of aromatic nitrogens is 1. The van der Waals surface area contributed by atoms with Crippen molar-refractivity contribution in [2.75, 3.05) is 6.61 Å². The van der Waals surface area contributed by atoms with Gasteiger partial charge in [-0.1, -0.05) is 61.0 Å². The highest BCUT2D eigenvalue weighted by atomic mass is 35.5. The third-order valence-corrected chi connectivity index (χ3v) is 5.76. The molecule has 1 aromatic heterocycles. The molecule has 2 aromatic carbocycles. The lowest BCUT2D eigenvalue weighted by Gasteiger charge is -2.21. The lowest BCUT2D eigenvalue weighted by atomic mass is 9.85. The summed E-state index contributed by atoms with van der Waals surface area (Å²) in [6.45, 7) is 2.71. The highest BCUT2D eigenvalue weighted by Crippen LogP contribution is 2.47. The molecule has 4 rings (SSSR count). The van der Waals surface area contributed by atoms with Gasteiger partial charge in [0.05, 0.1) is 13.0 Å². The van der Waals surface area contributed by atoms with Crippen LogP contribution in [0.1, 0.15) is 18.3 Å². The molecule has 144 valence electrons. The van der Waals surface area contributed by atoms with Gasteiger partial charge in [-0.2, -0.15) is 0 Å². The summed E-state index contributed by atoms with van der Waals surface area (Å²) in [5.74, 6) is -0.868. The Bertz CT molecular complexity index is 1020. The van der Waals surface area contributed by atoms with Gasteiger partial charge in [0, 0.05) is 39.5 Å². The molecular weight excluding hydrogens is 374 g/mol. The SMILES string of the molecule is CC1(CO)Cc2c(-c3ccccc3)c(-c3ccc(Cl)cc3)c(CC(=O)O)n2C1. The molecule has 2 heterocycles. The zero-order chi connectivity index (χ0) is 19.9. The van der Waals surface area contributed by atoms with Crippen molar-refractivity contribution in [3.8, 4) is 22.3 Å². The van der Waals surface area contributed by atoms with Gasteiger partial charge in [0.2, 0.25) is 0 Å². The molecule has 1 aliphatic rings. The van der Waals surface area contributed by atoms with Crippen LogP contribution in [0.4, 0.5) is 0 Å². The molecule has 0 saturated carbocycles. The van der Waals surface area contributed by atoms with E-state index in [1.807, 2.05) is 49.4 Å². The number of aliphatic hydroxyl groups excluding tert-OH is 1. The molecule has 1 aliphatic heterocycles. The average Bonchev–Trinajstić information content (AvgIpc) is 3.16. The predicted molar refractivity (Wildman–Crippen MR) is 111 cm³/mol. The number of hydrogen-bond acceptors (Lipinski definition) is 2. The zero-order valence-corrected chi connectivity index (χ0v) is 16.4. The van der Waals surface area contributed by atoms with Gasteiger partial charge < -0.3 is 14.8 Å². The number of aliphatic hydroxyl groups is 1. The lowest BCUT2D eigenvalue weighted by molar-refractivity contribution is -0.136. The van der Waals surface area contributed by atoms with Crippen LogP contribution in [0.25, 0.3) is 22.3 Å². The van der Waals surface area contributed by atoms with Crippen LogP contribution in [0.2, 0.25) is 5.02 Å². The minimum absolute atomic E-state index is 0.0612. The Labute approximate surface area is 169 Å². The van der Waals surface area contributed by atoms with Crippen LogP contribution in [0, 0.1) is 5.41 Å². The summed E-state index contributed by atoms with van der Waals surface area (Å²) in [5.41, 5.74) is 5.58. The third kappa shape index (κ3) is 3.23. The van der Waals surface area contributed by atoms with Crippen molar-refractivity contribution < 1.29 is 15.0 Å². The first-order valence-electron chi connectivity index (χ1n) is 9.30. The number of carboxylic acids is 1. The Morgan fingerprint density at radius 3 is 2.32 bits per heavy atom. The van der Waals surface area contributed by atoms with E-state index in [1.165, 1.54) is 0 Å². The fraction of sp³-hybridized carbons (Fsp3) is 0.261. The highest BCUT2D eigenvalue weighted by molar-refractivity contribution is 6.30. The number of hydrogen-bond donors (Lipinski definition) is 2. The van der Waals surface area contributed by atoms with Gasteiger partial charge in [-0.05, 0) is 29.7 Å². The predicted octanol–water partition coefficient (Wildman–Crippen LogP) is 4.66. The minimum atomic E-state index is -0.868. The van der Waals surface area contributed by atoms with E-state index in [-0.39, 0.29) is 18.4 Å². The molecule has 2 N–H and O–H groups in total. The Morgan fingerprint density at radius 2 is 1.71 bits per heavy atom. The van der Waals surface area contributed by atoms with Crippen LogP contribution in [0.3, 0.4) is 0 Å². The molecule has 0 aliphatic carbocycles. The summed E-state index contributed by atoms with van der Waals surface area (Å²) in [6.07, 6.45) is 0.632. The van der Waals surface area contributed by atoms with Crippen molar-refractivity contribution in [2.45, 2.75) is 26.3 Å². The average molecular weight is 396 g/mol. The van der Waals surface area contributed by atoms with Gasteiger partial charge in [-0.25, -0.2) is 0 Å². The summed E-state index contributed by atoms with van der Waals surface area (Å²) in [5, 5.41) is 20.2. The topological polar surface area (TPSA) is 62.5 Å². The Hall–Kier alpha value is -2.56. The first kappa shape index (κ1) is 18.8. The molecule has 0 radical (unpaired) electrons. The molecular formula is C23H22ClNO3. The van der Waals surface area contributed by atoms with Gasteiger partial charge in [0.1, 0.15) is 0 Å². The third-order valence-electron chi connectivity index (χ3n) is 5.51. The Kier molecular flexibility index (Phi) is 4.77. The monoisotopic (exact) mass is 395 g/mol. The first-order chi connectivity index (χ1) is 13.4. The maximum atomic E-state index is 11.7. The van der Waals surface area contributed by atoms with Crippen molar-refractivity contribution in [3.05, 3.63) is 71.0 Å². The number of carboxylic acid groups (broad SMARTS) is 1. The number of benzene rings is 2. The van der Waals surface area contributed by atoms with E-state index in [2.05, 4.69) is 16.7 Å². The van der Waals surface area contributed by atoms with Crippen molar-refractivity contribution >= 4 is 17.6 Å². The smallest absolute Gasteiger partial charge is 0.309 e. The van der Waals surface area contributed by atoms with E-state index >= 15 is 0 Å². The van der Waals surface area contributed by atoms with Crippen molar-refractivity contribution in [2.24, 2.45) is 5.41 Å². The summed E-state index contributed by atoms with van der Waals surface area (Å²) < 4.78 is 2.11. The molecule has 0 amide bonds. The summed E-state index contributed by atoms with van der Waals surface area (Å²) in [7, 11) is 0. The summed E-state index contributed by atoms with van der Waals surface area (Å²) >= 11 is 6.08. The normalized spacial score (nSPS) is 18.2. The Morgan fingerprint density at radius 1 is 1.07 bits per heavy atom. The number of fused-ring (bicyclic) bond motifs is 1. The van der Waals surface area contributed by atoms with Gasteiger partial charge in [-0.15, -0.1) is 0 Å². The van der Waals surface area contributed by atoms with Gasteiger partial charge >= 0.3 is 5.97 Å². The van der Waals surface area contributed by atoms with E-state index in [0.29, 0.717) is 18.0 Å². The number of carbonyl (C=O) groups is 1. The van der Waals surface area contributed by atoms with Crippen LogP contribution in [0.5, 0.6) is 0 Å². The van der Waals surface area contributed by atoms with E-state index in [0.717, 1.165) is 33.6 Å². The van der Waals surface area contributed by atoms with Gasteiger partial charge in [-0.3, -0.25) is 4.79 Å². The molecule has 0 fully saturated rings. The Balaban J connectivity index is 2.02. The number of halogens is 1. The number of rotatable bonds is 5. The quantitative estimate of drug-likeness (QED) is 0.660. The zero-order valence-electron chi connectivity index (χ0n) is 15.7. The molecule has 0 saturated heterocycles. The van der Waals surface area contributed by atoms with E-state index < -0.39 is 5.97 Å². The van der Waals surface area contributed by atoms with Crippen LogP contribution >= 0.6 is 11.6 Å². The maximum absolute atomic E-state index is 11.7. The van der Waals surface area contributed by atoms with Gasteiger partial charge in [0.15, 0.2) is 0 Å². The fourth-order valence-corrected chi connectivity index (χ4v) is 4.34. The molecule has 0 spiro atoms. The summed E-state index contributed by atoms with van der Waals surface area (Å²) in [4.78, 5) is 11.7. The fourth-order valence-electron chi connectivity index (χ4n) is 4.21. The van der Waals surface area contributed by atoms with Crippen molar-refractivity contribution in [1.82, 2.24) is 4.57 Å². The maximum Gasteiger partial charge on any atom is 0.309 e. The number of aliphatic carboxylic acids is 1. The minimum Gasteiger partial charge on any atom is -0.481 e. The van der Waals surface area contributed by atoms with E-state index in [4.69, 9.17) is 11.6 Å². The second-order valence-corrected chi connectivity index (χ2v) is 8.25. The van der Waals surface area contributed by atoms with Crippen LogP contribution in [-0.4, -0.2) is 27.4 Å². The number of nitrogens with zero attached hydrogens (tertiary/aromatic N) is 1. The molecule has 5 heteroatoms. The molecule has 3 aromatic rings. The van der Waals surface area contributed by atoms with Crippen molar-refractivity contribution in [1.29, 1.82) is 0 Å². The van der Waals surface area contributed by atoms with Crippen molar-refractivity contribution in [3.63, 3.8) is 0 Å². The molecule has 0 bridgehead atoms. The van der Waals surface area contributed by atoms with E-state index in [9.17, 15) is 15.0 Å². The van der Waals surface area contributed by atoms with Crippen LogP contribution in [-0.2, 0) is 24.2 Å². The second kappa shape index (κ2) is 7.12. The summed E-state index contributed by atoms with van der Waals surface area (Å²) in [6, 6.07) is 17.6. The second-order valence-electron chi connectivity index (χ2n) is 7.82. The largest absolute Gasteiger partial charge is 0.481 e. The molecule has 1 unspecified atom stereocenters. The highest BCUT2D eigenvalue weighted by Gasteiger charge is 2.38. The standard InChI is InChI=1S/C23H22ClNO3/c1-23(14-26)12-19-22(15-5-3-2-4-6-15)21(16-7-9-17(24)10-8-16)18(11-20(27)28)25(19)13-23/h2-10,26H,11-14H2,1H3,(H,27,28). The van der Waals surface area contributed by atoms with Crippen LogP contribution in [0.15, 0.2) is 54.6 Å². The molecule has 4 nitrogen and oxygen atoms in total. The first-order valence-corrected chi connectivity index (χ1v) is 9.68. The van der Waals surface area contributed by atoms with Crippen LogP contribution < -0.4 is 0 Å². The van der Waals surface area contributed by atoms with E-state index in [1.54, 1.807) is 0 Å². The lowest BCUT2D eigenvalue weighted by Crippen LogP contribution is -2.23. The molecule has 1 atom stereocenters. The van der Waals surface area contributed by atoms with Gasteiger partial charge in [0.25, 0.3) is 0 Å². The molecule has 28 heavy (non-hydrogen) atoms.